The van der Waals surface area contributed by atoms with Gasteiger partial charge in [0, 0.05) is 33.0 Å². The lowest BCUT2D eigenvalue weighted by Crippen LogP contribution is -2.43. The number of Topliss-reactive ketones (excluding diaryl/α,β-unsaturated/α-hetero) is 1. The molecule has 2 unspecified atom stereocenters. The van der Waals surface area contributed by atoms with Crippen LogP contribution in [-0.4, -0.2) is 29.8 Å². The summed E-state index contributed by atoms with van der Waals surface area (Å²) in [6.07, 6.45) is 6.42. The van der Waals surface area contributed by atoms with Crippen molar-refractivity contribution in [2.75, 3.05) is 7.05 Å². The number of rotatable bonds is 2. The molecule has 0 radical (unpaired) electrons. The standard InChI is InChI=1S/C20H21NOS2/c1-12-6-8-23-18(12)10-14-16-4-5-17(21(16)3)15(20(14)22)11-19-13(2)7-9-24-19/h6-11,16-17H,4-5H2,1-3H3. The average molecular weight is 356 g/mol. The molecule has 4 heteroatoms. The molecular formula is C20H21NOS2. The Balaban J connectivity index is 1.81. The molecule has 2 atom stereocenters. The van der Waals surface area contributed by atoms with Gasteiger partial charge in [0.2, 0.25) is 0 Å². The fourth-order valence-corrected chi connectivity index (χ4v) is 5.57. The van der Waals surface area contributed by atoms with E-state index in [0.29, 0.717) is 0 Å². The van der Waals surface area contributed by atoms with Gasteiger partial charge in [-0.3, -0.25) is 9.69 Å². The number of thiophene rings is 2. The third kappa shape index (κ3) is 2.53. The summed E-state index contributed by atoms with van der Waals surface area (Å²) in [4.78, 5) is 18.1. The molecule has 2 aromatic heterocycles. The van der Waals surface area contributed by atoms with Gasteiger partial charge in [-0.2, -0.15) is 0 Å². The monoisotopic (exact) mass is 355 g/mol. The Morgan fingerprint density at radius 3 is 1.79 bits per heavy atom. The quantitative estimate of drug-likeness (QED) is 0.711. The Kier molecular flexibility index (Phi) is 4.07. The summed E-state index contributed by atoms with van der Waals surface area (Å²) in [5, 5.41) is 4.20. The molecule has 24 heavy (non-hydrogen) atoms. The van der Waals surface area contributed by atoms with E-state index in [1.165, 1.54) is 20.9 Å². The zero-order valence-corrected chi connectivity index (χ0v) is 15.8. The SMILES string of the molecule is Cc1ccsc1C=C1C(=O)C(=Cc2sccc2C)C2CCC1N2C. The smallest absolute Gasteiger partial charge is 0.188 e. The van der Waals surface area contributed by atoms with E-state index < -0.39 is 0 Å². The maximum atomic E-state index is 13.3. The highest BCUT2D eigenvalue weighted by atomic mass is 32.1. The summed E-state index contributed by atoms with van der Waals surface area (Å²) in [5.74, 6) is 0.251. The minimum Gasteiger partial charge on any atom is -0.292 e. The molecule has 4 heterocycles. The lowest BCUT2D eigenvalue weighted by atomic mass is 9.89. The van der Waals surface area contributed by atoms with Gasteiger partial charge in [0.25, 0.3) is 0 Å². The lowest BCUT2D eigenvalue weighted by molar-refractivity contribution is -0.114. The first-order valence-electron chi connectivity index (χ1n) is 8.34. The van der Waals surface area contributed by atoms with Gasteiger partial charge in [0.15, 0.2) is 5.78 Å². The second kappa shape index (κ2) is 6.10. The zero-order chi connectivity index (χ0) is 16.8. The number of aryl methyl sites for hydroxylation is 2. The molecular weight excluding hydrogens is 334 g/mol. The van der Waals surface area contributed by atoms with Gasteiger partial charge in [-0.05, 0) is 79.9 Å². The third-order valence-corrected chi connectivity index (χ3v) is 7.25. The number of ketones is 1. The molecule has 0 saturated carbocycles. The molecule has 2 nitrogen and oxygen atoms in total. The molecule has 0 aromatic carbocycles. The predicted molar refractivity (Wildman–Crippen MR) is 104 cm³/mol. The van der Waals surface area contributed by atoms with Gasteiger partial charge < -0.3 is 0 Å². The molecule has 0 spiro atoms. The highest BCUT2D eigenvalue weighted by Crippen LogP contribution is 2.41. The first kappa shape index (κ1) is 16.0. The first-order chi connectivity index (χ1) is 11.6. The van der Waals surface area contributed by atoms with Gasteiger partial charge in [0.05, 0.1) is 0 Å². The van der Waals surface area contributed by atoms with Crippen LogP contribution in [0.2, 0.25) is 0 Å². The van der Waals surface area contributed by atoms with Crippen LogP contribution in [-0.2, 0) is 4.79 Å². The largest absolute Gasteiger partial charge is 0.292 e. The van der Waals surface area contributed by atoms with Crippen LogP contribution in [0.15, 0.2) is 34.0 Å². The molecule has 4 rings (SSSR count). The van der Waals surface area contributed by atoms with Gasteiger partial charge >= 0.3 is 0 Å². The van der Waals surface area contributed by atoms with Crippen molar-refractivity contribution in [2.45, 2.75) is 38.8 Å². The van der Waals surface area contributed by atoms with Crippen LogP contribution in [0.5, 0.6) is 0 Å². The molecule has 2 fully saturated rings. The maximum Gasteiger partial charge on any atom is 0.188 e. The predicted octanol–water partition coefficient (Wildman–Crippen LogP) is 4.94. The number of piperidine rings is 1. The van der Waals surface area contributed by atoms with Crippen LogP contribution in [0.4, 0.5) is 0 Å². The zero-order valence-electron chi connectivity index (χ0n) is 14.2. The fourth-order valence-electron chi connectivity index (χ4n) is 3.83. The Morgan fingerprint density at radius 2 is 1.42 bits per heavy atom. The summed E-state index contributed by atoms with van der Waals surface area (Å²) >= 11 is 3.43. The van der Waals surface area contributed by atoms with Gasteiger partial charge in [-0.1, -0.05) is 0 Å². The molecule has 0 aliphatic carbocycles. The number of carbonyl (C=O) groups is 1. The van der Waals surface area contributed by atoms with E-state index in [2.05, 4.69) is 60.8 Å². The minimum atomic E-state index is 0.251. The summed E-state index contributed by atoms with van der Waals surface area (Å²) in [5.41, 5.74) is 4.44. The van der Waals surface area contributed by atoms with Crippen LogP contribution < -0.4 is 0 Å². The summed E-state index contributed by atoms with van der Waals surface area (Å²) < 4.78 is 0. The number of hydrogen-bond acceptors (Lipinski definition) is 4. The van der Waals surface area contributed by atoms with Crippen molar-refractivity contribution in [1.82, 2.24) is 4.90 Å². The highest BCUT2D eigenvalue weighted by Gasteiger charge is 2.44. The van der Waals surface area contributed by atoms with Crippen LogP contribution in [0.1, 0.15) is 33.7 Å². The molecule has 2 bridgehead atoms. The van der Waals surface area contributed by atoms with Crippen molar-refractivity contribution in [2.24, 2.45) is 0 Å². The third-order valence-electron chi connectivity index (χ3n) is 5.32. The van der Waals surface area contributed by atoms with Crippen LogP contribution in [0, 0.1) is 13.8 Å². The number of nitrogens with zero attached hydrogens (tertiary/aromatic N) is 1. The molecule has 2 saturated heterocycles. The summed E-state index contributed by atoms with van der Waals surface area (Å²) in [7, 11) is 2.17. The fraction of sp³-hybridized carbons (Fsp3) is 0.350. The topological polar surface area (TPSA) is 20.3 Å². The van der Waals surface area contributed by atoms with Crippen molar-refractivity contribution in [3.05, 3.63) is 54.9 Å². The lowest BCUT2D eigenvalue weighted by Gasteiger charge is -2.34. The van der Waals surface area contributed by atoms with Gasteiger partial charge in [-0.25, -0.2) is 0 Å². The molecule has 0 amide bonds. The van der Waals surface area contributed by atoms with Crippen molar-refractivity contribution in [3.8, 4) is 0 Å². The van der Waals surface area contributed by atoms with Crippen molar-refractivity contribution in [3.63, 3.8) is 0 Å². The summed E-state index contributed by atoms with van der Waals surface area (Å²) in [6, 6.07) is 4.78. The second-order valence-electron chi connectivity index (χ2n) is 6.74. The molecule has 2 aliphatic heterocycles. The molecule has 2 aliphatic rings. The first-order valence-corrected chi connectivity index (χ1v) is 10.1. The Labute approximate surface area is 151 Å². The van der Waals surface area contributed by atoms with E-state index >= 15 is 0 Å². The normalized spacial score (nSPS) is 27.5. The Hall–Kier alpha value is -1.49. The van der Waals surface area contributed by atoms with E-state index in [4.69, 9.17) is 0 Å². The van der Waals surface area contributed by atoms with Gasteiger partial charge in [0.1, 0.15) is 0 Å². The van der Waals surface area contributed by atoms with E-state index in [0.717, 1.165) is 24.0 Å². The van der Waals surface area contributed by atoms with E-state index in [1.807, 2.05) is 0 Å². The highest BCUT2D eigenvalue weighted by molar-refractivity contribution is 7.11. The van der Waals surface area contributed by atoms with Crippen LogP contribution in [0.3, 0.4) is 0 Å². The number of likely N-dealkylation sites (N-methyl/N-ethyl adjacent to an activating group) is 1. The Bertz CT molecular complexity index is 786. The Morgan fingerprint density at radius 1 is 0.958 bits per heavy atom. The molecule has 124 valence electrons. The van der Waals surface area contributed by atoms with Crippen LogP contribution >= 0.6 is 22.7 Å². The maximum absolute atomic E-state index is 13.3. The van der Waals surface area contributed by atoms with E-state index in [9.17, 15) is 4.79 Å². The number of carbonyl (C=O) groups excluding carboxylic acids is 1. The van der Waals surface area contributed by atoms with Crippen molar-refractivity contribution in [1.29, 1.82) is 0 Å². The van der Waals surface area contributed by atoms with E-state index in [-0.39, 0.29) is 17.9 Å². The van der Waals surface area contributed by atoms with Crippen molar-refractivity contribution >= 4 is 40.6 Å². The second-order valence-corrected chi connectivity index (χ2v) is 8.63. The number of hydrogen-bond donors (Lipinski definition) is 0. The summed E-state index contributed by atoms with van der Waals surface area (Å²) in [6.45, 7) is 4.23. The van der Waals surface area contributed by atoms with E-state index in [1.54, 1.807) is 22.7 Å². The van der Waals surface area contributed by atoms with Gasteiger partial charge in [-0.15, -0.1) is 22.7 Å². The minimum absolute atomic E-state index is 0.251. The van der Waals surface area contributed by atoms with Crippen LogP contribution in [0.25, 0.3) is 12.2 Å². The average Bonchev–Trinajstić information content (AvgIpc) is 3.22. The number of fused-ring (bicyclic) bond motifs is 2. The molecule has 0 N–H and O–H groups in total. The van der Waals surface area contributed by atoms with Crippen molar-refractivity contribution < 1.29 is 4.79 Å². The molecule has 2 aromatic rings.